The smallest absolute Gasteiger partial charge is 0.314 e. The Hall–Kier alpha value is -1.58. The summed E-state index contributed by atoms with van der Waals surface area (Å²) in [7, 11) is 1.44. The van der Waals surface area contributed by atoms with Crippen LogP contribution in [0.3, 0.4) is 0 Å². The second-order valence-electron chi connectivity index (χ2n) is 4.77. The molecule has 98 valence electrons. The standard InChI is InChI=1S/C14H17FO3/c1-18-11-7-5-6-10(15)12(11)14(13(16)17)8-3-2-4-9-14/h5-7H,2-4,8-9H2,1H3,(H,16,17). The van der Waals surface area contributed by atoms with Gasteiger partial charge in [-0.2, -0.15) is 0 Å². The van der Waals surface area contributed by atoms with Crippen LogP contribution in [0.15, 0.2) is 18.2 Å². The van der Waals surface area contributed by atoms with Gasteiger partial charge in [-0.25, -0.2) is 4.39 Å². The Morgan fingerprint density at radius 3 is 2.56 bits per heavy atom. The molecule has 0 unspecified atom stereocenters. The Kier molecular flexibility index (Phi) is 3.55. The maximum Gasteiger partial charge on any atom is 0.314 e. The van der Waals surface area contributed by atoms with Crippen LogP contribution < -0.4 is 4.74 Å². The number of aliphatic carboxylic acids is 1. The highest BCUT2D eigenvalue weighted by Crippen LogP contribution is 2.44. The topological polar surface area (TPSA) is 46.5 Å². The van der Waals surface area contributed by atoms with Gasteiger partial charge in [0.2, 0.25) is 0 Å². The molecule has 1 aromatic carbocycles. The van der Waals surface area contributed by atoms with Gasteiger partial charge < -0.3 is 9.84 Å². The fraction of sp³-hybridized carbons (Fsp3) is 0.500. The fourth-order valence-corrected chi connectivity index (χ4v) is 2.86. The molecule has 0 atom stereocenters. The summed E-state index contributed by atoms with van der Waals surface area (Å²) in [5.74, 6) is -1.11. The first kappa shape index (κ1) is 12.9. The van der Waals surface area contributed by atoms with E-state index in [0.29, 0.717) is 18.6 Å². The van der Waals surface area contributed by atoms with Crippen LogP contribution in [0.25, 0.3) is 0 Å². The molecule has 1 aliphatic rings. The predicted molar refractivity (Wildman–Crippen MR) is 65.4 cm³/mol. The van der Waals surface area contributed by atoms with Crippen LogP contribution in [-0.4, -0.2) is 18.2 Å². The summed E-state index contributed by atoms with van der Waals surface area (Å²) < 4.78 is 19.2. The van der Waals surface area contributed by atoms with Gasteiger partial charge in [0.15, 0.2) is 0 Å². The van der Waals surface area contributed by atoms with Crippen LogP contribution in [0.4, 0.5) is 4.39 Å². The van der Waals surface area contributed by atoms with Crippen molar-refractivity contribution in [1.29, 1.82) is 0 Å². The van der Waals surface area contributed by atoms with E-state index in [-0.39, 0.29) is 5.56 Å². The van der Waals surface area contributed by atoms with Crippen LogP contribution in [0, 0.1) is 5.82 Å². The summed E-state index contributed by atoms with van der Waals surface area (Å²) in [4.78, 5) is 11.7. The number of carboxylic acids is 1. The van der Waals surface area contributed by atoms with Gasteiger partial charge in [-0.1, -0.05) is 25.3 Å². The molecule has 0 radical (unpaired) electrons. The molecule has 0 bridgehead atoms. The first-order chi connectivity index (χ1) is 8.62. The van der Waals surface area contributed by atoms with Crippen LogP contribution in [0.2, 0.25) is 0 Å². The van der Waals surface area contributed by atoms with Crippen molar-refractivity contribution in [3.63, 3.8) is 0 Å². The molecule has 0 amide bonds. The molecule has 0 aromatic heterocycles. The van der Waals surface area contributed by atoms with Crippen molar-refractivity contribution in [2.24, 2.45) is 0 Å². The van der Waals surface area contributed by atoms with E-state index in [9.17, 15) is 14.3 Å². The van der Waals surface area contributed by atoms with Crippen molar-refractivity contribution < 1.29 is 19.0 Å². The van der Waals surface area contributed by atoms with Crippen LogP contribution in [0.5, 0.6) is 5.75 Å². The van der Waals surface area contributed by atoms with Crippen molar-refractivity contribution in [1.82, 2.24) is 0 Å². The molecular formula is C14H17FO3. The summed E-state index contributed by atoms with van der Waals surface area (Å²) in [6.45, 7) is 0. The average molecular weight is 252 g/mol. The monoisotopic (exact) mass is 252 g/mol. The molecule has 0 heterocycles. The van der Waals surface area contributed by atoms with E-state index in [1.807, 2.05) is 0 Å². The highest BCUT2D eigenvalue weighted by molar-refractivity contribution is 5.82. The summed E-state index contributed by atoms with van der Waals surface area (Å²) in [6.07, 6.45) is 3.57. The van der Waals surface area contributed by atoms with Crippen molar-refractivity contribution >= 4 is 5.97 Å². The zero-order valence-electron chi connectivity index (χ0n) is 10.4. The number of hydrogen-bond donors (Lipinski definition) is 1. The number of carbonyl (C=O) groups is 1. The molecule has 3 nitrogen and oxygen atoms in total. The first-order valence-corrected chi connectivity index (χ1v) is 6.18. The molecule has 18 heavy (non-hydrogen) atoms. The van der Waals surface area contributed by atoms with Gasteiger partial charge in [0.1, 0.15) is 11.6 Å². The lowest BCUT2D eigenvalue weighted by molar-refractivity contribution is -0.145. The van der Waals surface area contributed by atoms with Gasteiger partial charge in [0.05, 0.1) is 12.5 Å². The molecule has 0 spiro atoms. The Labute approximate surface area is 106 Å². The largest absolute Gasteiger partial charge is 0.496 e. The lowest BCUT2D eigenvalue weighted by atomic mass is 9.69. The number of methoxy groups -OCH3 is 1. The Balaban J connectivity index is 2.58. The molecule has 0 saturated heterocycles. The van der Waals surface area contributed by atoms with E-state index in [2.05, 4.69) is 0 Å². The summed E-state index contributed by atoms with van der Waals surface area (Å²) in [5, 5.41) is 9.56. The van der Waals surface area contributed by atoms with Gasteiger partial charge >= 0.3 is 5.97 Å². The van der Waals surface area contributed by atoms with E-state index in [1.165, 1.54) is 19.2 Å². The molecule has 1 saturated carbocycles. The molecule has 4 heteroatoms. The second kappa shape index (κ2) is 4.96. The second-order valence-corrected chi connectivity index (χ2v) is 4.77. The Morgan fingerprint density at radius 2 is 2.00 bits per heavy atom. The number of benzene rings is 1. The van der Waals surface area contributed by atoms with E-state index in [4.69, 9.17) is 4.74 Å². The maximum absolute atomic E-state index is 14.1. The molecule has 0 aliphatic heterocycles. The van der Waals surface area contributed by atoms with Crippen molar-refractivity contribution in [2.45, 2.75) is 37.5 Å². The first-order valence-electron chi connectivity index (χ1n) is 6.18. The zero-order valence-corrected chi connectivity index (χ0v) is 10.4. The third-order valence-electron chi connectivity index (χ3n) is 3.79. The fourth-order valence-electron chi connectivity index (χ4n) is 2.86. The summed E-state index contributed by atoms with van der Waals surface area (Å²) in [5.41, 5.74) is -0.922. The van der Waals surface area contributed by atoms with Crippen molar-refractivity contribution in [3.05, 3.63) is 29.6 Å². The van der Waals surface area contributed by atoms with Gasteiger partial charge in [0, 0.05) is 5.56 Å². The SMILES string of the molecule is COc1cccc(F)c1C1(C(=O)O)CCCCC1. The quantitative estimate of drug-likeness (QED) is 0.899. The van der Waals surface area contributed by atoms with Crippen LogP contribution >= 0.6 is 0 Å². The summed E-state index contributed by atoms with van der Waals surface area (Å²) in [6, 6.07) is 4.46. The minimum absolute atomic E-state index is 0.208. The Morgan fingerprint density at radius 1 is 1.33 bits per heavy atom. The van der Waals surface area contributed by atoms with E-state index < -0.39 is 17.2 Å². The van der Waals surface area contributed by atoms with E-state index in [1.54, 1.807) is 6.07 Å². The minimum Gasteiger partial charge on any atom is -0.496 e. The third kappa shape index (κ3) is 1.96. The molecule has 1 aromatic rings. The predicted octanol–water partition coefficient (Wildman–Crippen LogP) is 3.12. The zero-order chi connectivity index (χ0) is 13.2. The third-order valence-corrected chi connectivity index (χ3v) is 3.79. The van der Waals surface area contributed by atoms with Crippen LogP contribution in [0.1, 0.15) is 37.7 Å². The number of halogens is 1. The molecule has 1 aliphatic carbocycles. The van der Waals surface area contributed by atoms with Gasteiger partial charge in [-0.05, 0) is 25.0 Å². The van der Waals surface area contributed by atoms with E-state index >= 15 is 0 Å². The van der Waals surface area contributed by atoms with Crippen LogP contribution in [-0.2, 0) is 10.2 Å². The molecule has 1 fully saturated rings. The van der Waals surface area contributed by atoms with Crippen molar-refractivity contribution in [3.8, 4) is 5.75 Å². The molecule has 2 rings (SSSR count). The Bertz CT molecular complexity index is 450. The van der Waals surface area contributed by atoms with E-state index in [0.717, 1.165) is 19.3 Å². The number of ether oxygens (including phenoxy) is 1. The highest BCUT2D eigenvalue weighted by atomic mass is 19.1. The molecule has 1 N–H and O–H groups in total. The maximum atomic E-state index is 14.1. The van der Waals surface area contributed by atoms with Gasteiger partial charge in [-0.3, -0.25) is 4.79 Å². The van der Waals surface area contributed by atoms with Crippen molar-refractivity contribution in [2.75, 3.05) is 7.11 Å². The normalized spacial score (nSPS) is 18.3. The highest BCUT2D eigenvalue weighted by Gasteiger charge is 2.45. The number of carboxylic acid groups (broad SMARTS) is 1. The molecular weight excluding hydrogens is 235 g/mol. The number of hydrogen-bond acceptors (Lipinski definition) is 2. The lowest BCUT2D eigenvalue weighted by Gasteiger charge is -2.34. The average Bonchev–Trinajstić information content (AvgIpc) is 2.39. The lowest BCUT2D eigenvalue weighted by Crippen LogP contribution is -2.39. The minimum atomic E-state index is -1.13. The van der Waals surface area contributed by atoms with Gasteiger partial charge in [-0.15, -0.1) is 0 Å². The summed E-state index contributed by atoms with van der Waals surface area (Å²) >= 11 is 0. The van der Waals surface area contributed by atoms with Gasteiger partial charge in [0.25, 0.3) is 0 Å². The number of rotatable bonds is 3.